The van der Waals surface area contributed by atoms with Gasteiger partial charge in [-0.15, -0.1) is 6.42 Å². The zero-order chi connectivity index (χ0) is 7.56. The Labute approximate surface area is 60.3 Å². The van der Waals surface area contributed by atoms with E-state index in [0.717, 1.165) is 11.1 Å². The third-order valence-corrected chi connectivity index (χ3v) is 1.36. The summed E-state index contributed by atoms with van der Waals surface area (Å²) in [6.45, 7) is 1.82. The Morgan fingerprint density at radius 1 is 1.50 bits per heavy atom. The smallest absolute Gasteiger partial charge is 0.118 e. The van der Waals surface area contributed by atoms with Crippen molar-refractivity contribution in [1.29, 1.82) is 0 Å². The fourth-order valence-electron chi connectivity index (χ4n) is 0.745. The van der Waals surface area contributed by atoms with E-state index in [4.69, 9.17) is 11.5 Å². The molecule has 0 radical (unpaired) electrons. The van der Waals surface area contributed by atoms with Crippen molar-refractivity contribution in [2.45, 2.75) is 6.92 Å². The van der Waals surface area contributed by atoms with Crippen LogP contribution in [-0.4, -0.2) is 5.11 Å². The average molecular weight is 132 g/mol. The van der Waals surface area contributed by atoms with Crippen LogP contribution in [0.5, 0.6) is 5.75 Å². The van der Waals surface area contributed by atoms with Crippen LogP contribution in [-0.2, 0) is 0 Å². The summed E-state index contributed by atoms with van der Waals surface area (Å²) in [4.78, 5) is 0. The van der Waals surface area contributed by atoms with Crippen molar-refractivity contribution in [1.82, 2.24) is 0 Å². The number of phenols is 1. The molecule has 1 heteroatoms. The molecule has 0 aliphatic carbocycles. The van der Waals surface area contributed by atoms with Crippen LogP contribution in [0.4, 0.5) is 0 Å². The van der Waals surface area contributed by atoms with Crippen molar-refractivity contribution < 1.29 is 5.11 Å². The lowest BCUT2D eigenvalue weighted by Gasteiger charge is -1.96. The standard InChI is InChI=1S/C9H8O/c1-3-8-4-5-9(10)7(2)6-8/h1,4-6,10H,2H3. The molecule has 0 aliphatic rings. The molecule has 0 aromatic heterocycles. The molecule has 1 aromatic carbocycles. The highest BCUT2D eigenvalue weighted by atomic mass is 16.3. The molecule has 0 saturated heterocycles. The summed E-state index contributed by atoms with van der Waals surface area (Å²) in [7, 11) is 0. The monoisotopic (exact) mass is 132 g/mol. The van der Waals surface area contributed by atoms with Crippen LogP contribution < -0.4 is 0 Å². The van der Waals surface area contributed by atoms with E-state index in [1.54, 1.807) is 18.2 Å². The second-order valence-corrected chi connectivity index (χ2v) is 2.15. The van der Waals surface area contributed by atoms with Crippen molar-refractivity contribution in [2.75, 3.05) is 0 Å². The van der Waals surface area contributed by atoms with Crippen LogP contribution in [0.2, 0.25) is 0 Å². The van der Waals surface area contributed by atoms with Crippen LogP contribution in [0.25, 0.3) is 0 Å². The van der Waals surface area contributed by atoms with Gasteiger partial charge in [-0.1, -0.05) is 5.92 Å². The minimum atomic E-state index is 0.291. The Morgan fingerprint density at radius 2 is 2.20 bits per heavy atom. The van der Waals surface area contributed by atoms with Crippen molar-refractivity contribution >= 4 is 0 Å². The van der Waals surface area contributed by atoms with Gasteiger partial charge in [0.15, 0.2) is 0 Å². The molecule has 0 bridgehead atoms. The van der Waals surface area contributed by atoms with Crippen molar-refractivity contribution in [3.63, 3.8) is 0 Å². The Kier molecular flexibility index (Phi) is 1.64. The Hall–Kier alpha value is -1.42. The molecule has 1 N–H and O–H groups in total. The minimum Gasteiger partial charge on any atom is -0.508 e. The molecule has 50 valence electrons. The van der Waals surface area contributed by atoms with Gasteiger partial charge in [0, 0.05) is 5.56 Å². The second kappa shape index (κ2) is 2.45. The van der Waals surface area contributed by atoms with Crippen LogP contribution in [0.15, 0.2) is 18.2 Å². The van der Waals surface area contributed by atoms with E-state index in [1.165, 1.54) is 0 Å². The highest BCUT2D eigenvalue weighted by molar-refractivity contribution is 5.41. The van der Waals surface area contributed by atoms with E-state index in [2.05, 4.69) is 5.92 Å². The highest BCUT2D eigenvalue weighted by Gasteiger charge is 1.93. The first-order chi connectivity index (χ1) is 4.74. The van der Waals surface area contributed by atoms with E-state index in [9.17, 15) is 0 Å². The Morgan fingerprint density at radius 3 is 2.70 bits per heavy atom. The fraction of sp³-hybridized carbons (Fsp3) is 0.111. The van der Waals surface area contributed by atoms with Crippen molar-refractivity contribution in [3.8, 4) is 18.1 Å². The molecule has 1 aromatic rings. The van der Waals surface area contributed by atoms with Gasteiger partial charge in [-0.05, 0) is 30.7 Å². The first kappa shape index (κ1) is 6.70. The van der Waals surface area contributed by atoms with Crippen molar-refractivity contribution in [3.05, 3.63) is 29.3 Å². The summed E-state index contributed by atoms with van der Waals surface area (Å²) >= 11 is 0. The van der Waals surface area contributed by atoms with E-state index in [0.29, 0.717) is 5.75 Å². The minimum absolute atomic E-state index is 0.291. The predicted molar refractivity (Wildman–Crippen MR) is 40.8 cm³/mol. The molecule has 10 heavy (non-hydrogen) atoms. The predicted octanol–water partition coefficient (Wildman–Crippen LogP) is 1.68. The molecule has 0 fully saturated rings. The lowest BCUT2D eigenvalue weighted by Crippen LogP contribution is -1.76. The zero-order valence-electron chi connectivity index (χ0n) is 5.76. The number of rotatable bonds is 0. The van der Waals surface area contributed by atoms with Crippen molar-refractivity contribution in [2.24, 2.45) is 0 Å². The summed E-state index contributed by atoms with van der Waals surface area (Å²) in [6, 6.07) is 5.09. The first-order valence-electron chi connectivity index (χ1n) is 3.00. The van der Waals surface area contributed by atoms with E-state index in [1.807, 2.05) is 6.92 Å². The summed E-state index contributed by atoms with van der Waals surface area (Å²) in [5.74, 6) is 2.77. The van der Waals surface area contributed by atoms with Gasteiger partial charge in [0.05, 0.1) is 0 Å². The Balaban J connectivity index is 3.20. The molecule has 1 nitrogen and oxygen atoms in total. The molecule has 1 rings (SSSR count). The number of terminal acetylenes is 1. The maximum Gasteiger partial charge on any atom is 0.118 e. The number of phenolic OH excluding ortho intramolecular Hbond substituents is 1. The van der Waals surface area contributed by atoms with Gasteiger partial charge in [0.25, 0.3) is 0 Å². The van der Waals surface area contributed by atoms with Gasteiger partial charge in [-0.2, -0.15) is 0 Å². The number of aromatic hydroxyl groups is 1. The average Bonchev–Trinajstić information content (AvgIpc) is 1.95. The molecule has 0 amide bonds. The summed E-state index contributed by atoms with van der Waals surface area (Å²) in [5.41, 5.74) is 1.62. The molecule has 0 unspecified atom stereocenters. The zero-order valence-corrected chi connectivity index (χ0v) is 5.76. The topological polar surface area (TPSA) is 20.2 Å². The third-order valence-electron chi connectivity index (χ3n) is 1.36. The van der Waals surface area contributed by atoms with Gasteiger partial charge in [-0.25, -0.2) is 0 Å². The molecular weight excluding hydrogens is 124 g/mol. The molecule has 0 spiro atoms. The van der Waals surface area contributed by atoms with Crippen LogP contribution in [0, 0.1) is 19.3 Å². The third kappa shape index (κ3) is 1.11. The summed E-state index contributed by atoms with van der Waals surface area (Å²) in [5, 5.41) is 9.07. The number of benzene rings is 1. The lowest BCUT2D eigenvalue weighted by atomic mass is 10.1. The fourth-order valence-corrected chi connectivity index (χ4v) is 0.745. The van der Waals surface area contributed by atoms with E-state index in [-0.39, 0.29) is 0 Å². The van der Waals surface area contributed by atoms with Crippen LogP contribution in [0.1, 0.15) is 11.1 Å². The lowest BCUT2D eigenvalue weighted by molar-refractivity contribution is 0.471. The van der Waals surface area contributed by atoms with Crippen LogP contribution in [0.3, 0.4) is 0 Å². The highest BCUT2D eigenvalue weighted by Crippen LogP contribution is 2.15. The SMILES string of the molecule is C#Cc1ccc(O)c(C)c1. The first-order valence-corrected chi connectivity index (χ1v) is 3.00. The summed E-state index contributed by atoms with van der Waals surface area (Å²) < 4.78 is 0. The molecule has 0 aliphatic heterocycles. The molecule has 0 heterocycles. The Bertz CT molecular complexity index is 281. The van der Waals surface area contributed by atoms with Gasteiger partial charge in [0.1, 0.15) is 5.75 Å². The maximum atomic E-state index is 9.07. The molecular formula is C9H8O. The van der Waals surface area contributed by atoms with Crippen LogP contribution >= 0.6 is 0 Å². The second-order valence-electron chi connectivity index (χ2n) is 2.15. The quantitative estimate of drug-likeness (QED) is 0.532. The number of hydrogen-bond donors (Lipinski definition) is 1. The van der Waals surface area contributed by atoms with E-state index < -0.39 is 0 Å². The normalized spacial score (nSPS) is 8.80. The number of hydrogen-bond acceptors (Lipinski definition) is 1. The largest absolute Gasteiger partial charge is 0.508 e. The van der Waals surface area contributed by atoms with Gasteiger partial charge < -0.3 is 5.11 Å². The summed E-state index contributed by atoms with van der Waals surface area (Å²) in [6.07, 6.45) is 5.14. The molecule has 0 saturated carbocycles. The number of aryl methyl sites for hydroxylation is 1. The molecule has 0 atom stereocenters. The van der Waals surface area contributed by atoms with E-state index >= 15 is 0 Å². The van der Waals surface area contributed by atoms with Gasteiger partial charge in [-0.3, -0.25) is 0 Å². The maximum absolute atomic E-state index is 9.07. The van der Waals surface area contributed by atoms with Gasteiger partial charge >= 0.3 is 0 Å². The van der Waals surface area contributed by atoms with Gasteiger partial charge in [0.2, 0.25) is 0 Å².